The van der Waals surface area contributed by atoms with E-state index in [-0.39, 0.29) is 12.3 Å². The number of halogens is 3. The SMILES string of the molecule is CC(=O)c1ccc(Cn2nc(C(F)(F)F)c3c2CCCC3)cc1. The van der Waals surface area contributed by atoms with Crippen LogP contribution in [0.4, 0.5) is 13.2 Å². The number of aromatic nitrogens is 2. The van der Waals surface area contributed by atoms with E-state index >= 15 is 0 Å². The number of carbonyl (C=O) groups excluding carboxylic acids is 1. The zero-order valence-electron chi connectivity index (χ0n) is 12.8. The van der Waals surface area contributed by atoms with Gasteiger partial charge in [0.15, 0.2) is 11.5 Å². The van der Waals surface area contributed by atoms with E-state index in [1.165, 1.54) is 11.6 Å². The molecule has 0 bridgehead atoms. The average molecular weight is 322 g/mol. The van der Waals surface area contributed by atoms with Gasteiger partial charge in [0.1, 0.15) is 0 Å². The molecule has 6 heteroatoms. The van der Waals surface area contributed by atoms with Crippen molar-refractivity contribution in [2.45, 2.75) is 45.3 Å². The van der Waals surface area contributed by atoms with Crippen molar-refractivity contribution >= 4 is 5.78 Å². The molecule has 2 aromatic rings. The number of fused-ring (bicyclic) bond motifs is 1. The molecular formula is C17H17F3N2O. The summed E-state index contributed by atoms with van der Waals surface area (Å²) in [6.45, 7) is 1.77. The molecule has 0 atom stereocenters. The Labute approximate surface area is 132 Å². The lowest BCUT2D eigenvalue weighted by Gasteiger charge is -2.14. The molecule has 3 nitrogen and oxygen atoms in total. The lowest BCUT2D eigenvalue weighted by atomic mass is 9.95. The molecule has 1 aliphatic carbocycles. The summed E-state index contributed by atoms with van der Waals surface area (Å²) in [6.07, 6.45) is -1.68. The molecule has 0 fully saturated rings. The van der Waals surface area contributed by atoms with Gasteiger partial charge >= 0.3 is 6.18 Å². The maximum atomic E-state index is 13.2. The van der Waals surface area contributed by atoms with Gasteiger partial charge in [-0.15, -0.1) is 0 Å². The first-order valence-electron chi connectivity index (χ1n) is 7.62. The normalized spacial score (nSPS) is 14.6. The van der Waals surface area contributed by atoms with Gasteiger partial charge in [-0.25, -0.2) is 0 Å². The van der Waals surface area contributed by atoms with E-state index in [0.29, 0.717) is 29.7 Å². The van der Waals surface area contributed by atoms with Crippen molar-refractivity contribution in [1.82, 2.24) is 9.78 Å². The largest absolute Gasteiger partial charge is 0.435 e. The second kappa shape index (κ2) is 5.83. The molecule has 1 aromatic carbocycles. The quantitative estimate of drug-likeness (QED) is 0.800. The number of benzene rings is 1. The number of ketones is 1. The summed E-state index contributed by atoms with van der Waals surface area (Å²) in [4.78, 5) is 11.3. The number of Topliss-reactive ketones (excluding diaryl/α,β-unsaturated/α-hetero) is 1. The third-order valence-corrected chi connectivity index (χ3v) is 4.22. The molecule has 1 heterocycles. The summed E-state index contributed by atoms with van der Waals surface area (Å²) in [6, 6.07) is 6.92. The smallest absolute Gasteiger partial charge is 0.295 e. The first kappa shape index (κ1) is 15.8. The van der Waals surface area contributed by atoms with Gasteiger partial charge in [-0.3, -0.25) is 9.48 Å². The molecule has 122 valence electrons. The van der Waals surface area contributed by atoms with Crippen molar-refractivity contribution in [3.8, 4) is 0 Å². The van der Waals surface area contributed by atoms with Crippen molar-refractivity contribution in [3.05, 3.63) is 52.3 Å². The van der Waals surface area contributed by atoms with Crippen molar-refractivity contribution < 1.29 is 18.0 Å². The second-order valence-corrected chi connectivity index (χ2v) is 5.89. The van der Waals surface area contributed by atoms with Crippen LogP contribution in [0.2, 0.25) is 0 Å². The monoisotopic (exact) mass is 322 g/mol. The van der Waals surface area contributed by atoms with Gasteiger partial charge in [-0.1, -0.05) is 24.3 Å². The Balaban J connectivity index is 1.93. The molecule has 0 unspecified atom stereocenters. The molecule has 0 aliphatic heterocycles. The zero-order valence-corrected chi connectivity index (χ0v) is 12.8. The summed E-state index contributed by atoms with van der Waals surface area (Å²) < 4.78 is 40.9. The fourth-order valence-corrected chi connectivity index (χ4v) is 3.05. The summed E-state index contributed by atoms with van der Waals surface area (Å²) in [5.74, 6) is -0.0348. The third-order valence-electron chi connectivity index (χ3n) is 4.22. The number of hydrogen-bond donors (Lipinski definition) is 0. The molecule has 0 spiro atoms. The van der Waals surface area contributed by atoms with Crippen LogP contribution in [0.3, 0.4) is 0 Å². The second-order valence-electron chi connectivity index (χ2n) is 5.89. The van der Waals surface area contributed by atoms with Crippen LogP contribution in [0.1, 0.15) is 52.6 Å². The van der Waals surface area contributed by atoms with Crippen LogP contribution >= 0.6 is 0 Å². The van der Waals surface area contributed by atoms with Gasteiger partial charge < -0.3 is 0 Å². The van der Waals surface area contributed by atoms with Crippen molar-refractivity contribution in [2.75, 3.05) is 0 Å². The maximum absolute atomic E-state index is 13.2. The third kappa shape index (κ3) is 3.16. The highest BCUT2D eigenvalue weighted by atomic mass is 19.4. The van der Waals surface area contributed by atoms with E-state index in [4.69, 9.17) is 0 Å². The molecule has 1 aromatic heterocycles. The molecule has 23 heavy (non-hydrogen) atoms. The molecule has 0 radical (unpaired) electrons. The van der Waals surface area contributed by atoms with Crippen LogP contribution in [-0.2, 0) is 25.6 Å². The van der Waals surface area contributed by atoms with Crippen LogP contribution < -0.4 is 0 Å². The summed E-state index contributed by atoms with van der Waals surface area (Å²) >= 11 is 0. The molecule has 0 N–H and O–H groups in total. The summed E-state index contributed by atoms with van der Waals surface area (Å²) in [5, 5.41) is 3.84. The van der Waals surface area contributed by atoms with E-state index in [0.717, 1.165) is 18.4 Å². The van der Waals surface area contributed by atoms with Gasteiger partial charge in [0.2, 0.25) is 0 Å². The van der Waals surface area contributed by atoms with Gasteiger partial charge in [0, 0.05) is 16.8 Å². The van der Waals surface area contributed by atoms with E-state index < -0.39 is 11.9 Å². The Morgan fingerprint density at radius 1 is 1.17 bits per heavy atom. The minimum absolute atomic E-state index is 0.0348. The molecule has 0 saturated carbocycles. The number of rotatable bonds is 3. The Hall–Kier alpha value is -2.11. The van der Waals surface area contributed by atoms with E-state index in [1.54, 1.807) is 24.3 Å². The molecular weight excluding hydrogens is 305 g/mol. The van der Waals surface area contributed by atoms with Gasteiger partial charge in [-0.05, 0) is 38.2 Å². The maximum Gasteiger partial charge on any atom is 0.435 e. The predicted molar refractivity (Wildman–Crippen MR) is 79.4 cm³/mol. The van der Waals surface area contributed by atoms with Gasteiger partial charge in [0.25, 0.3) is 0 Å². The summed E-state index contributed by atoms with van der Waals surface area (Å²) in [7, 11) is 0. The lowest BCUT2D eigenvalue weighted by molar-refractivity contribution is -0.142. The van der Waals surface area contributed by atoms with Crippen LogP contribution in [0, 0.1) is 0 Å². The van der Waals surface area contributed by atoms with Crippen LogP contribution in [0.25, 0.3) is 0 Å². The van der Waals surface area contributed by atoms with Gasteiger partial charge in [-0.2, -0.15) is 18.3 Å². The topological polar surface area (TPSA) is 34.9 Å². The number of nitrogens with zero attached hydrogens (tertiary/aromatic N) is 2. The average Bonchev–Trinajstić information content (AvgIpc) is 2.87. The molecule has 3 rings (SSSR count). The van der Waals surface area contributed by atoms with Crippen LogP contribution in [-0.4, -0.2) is 15.6 Å². The lowest BCUT2D eigenvalue weighted by Crippen LogP contribution is -2.11. The predicted octanol–water partition coefficient (Wildman–Crippen LogP) is 4.03. The summed E-state index contributed by atoms with van der Waals surface area (Å²) in [5.41, 5.74) is 1.72. The van der Waals surface area contributed by atoms with Crippen LogP contribution in [0.15, 0.2) is 24.3 Å². The van der Waals surface area contributed by atoms with Crippen molar-refractivity contribution in [3.63, 3.8) is 0 Å². The molecule has 0 saturated heterocycles. The Morgan fingerprint density at radius 3 is 2.43 bits per heavy atom. The first-order chi connectivity index (χ1) is 10.9. The highest BCUT2D eigenvalue weighted by Crippen LogP contribution is 2.36. The zero-order chi connectivity index (χ0) is 16.6. The highest BCUT2D eigenvalue weighted by Gasteiger charge is 2.39. The van der Waals surface area contributed by atoms with Crippen molar-refractivity contribution in [1.29, 1.82) is 0 Å². The van der Waals surface area contributed by atoms with Gasteiger partial charge in [0.05, 0.1) is 6.54 Å². The Kier molecular flexibility index (Phi) is 4.00. The minimum atomic E-state index is -4.41. The fourth-order valence-electron chi connectivity index (χ4n) is 3.05. The standard InChI is InChI=1S/C17H17F3N2O/c1-11(23)13-8-6-12(7-9-13)10-22-15-5-3-2-4-14(15)16(21-22)17(18,19)20/h6-9H,2-5,10H2,1H3. The number of alkyl halides is 3. The first-order valence-corrected chi connectivity index (χ1v) is 7.62. The fraction of sp³-hybridized carbons (Fsp3) is 0.412. The van der Waals surface area contributed by atoms with E-state index in [2.05, 4.69) is 5.10 Å². The number of hydrogen-bond acceptors (Lipinski definition) is 2. The minimum Gasteiger partial charge on any atom is -0.295 e. The van der Waals surface area contributed by atoms with E-state index in [9.17, 15) is 18.0 Å². The van der Waals surface area contributed by atoms with E-state index in [1.807, 2.05) is 0 Å². The Bertz CT molecular complexity index is 730. The highest BCUT2D eigenvalue weighted by molar-refractivity contribution is 5.93. The molecule has 1 aliphatic rings. The Morgan fingerprint density at radius 2 is 1.83 bits per heavy atom. The van der Waals surface area contributed by atoms with Crippen LogP contribution in [0.5, 0.6) is 0 Å². The molecule has 0 amide bonds. The van der Waals surface area contributed by atoms with Crippen molar-refractivity contribution in [2.24, 2.45) is 0 Å². The number of carbonyl (C=O) groups is 1.